The zero-order chi connectivity index (χ0) is 8.23. The highest BCUT2D eigenvalue weighted by Gasteiger charge is 1.92. The van der Waals surface area contributed by atoms with Crippen LogP contribution < -0.4 is 0 Å². The monoisotopic (exact) mass is 159 g/mol. The van der Waals surface area contributed by atoms with Crippen LogP contribution in [0.25, 0.3) is 0 Å². The average molecular weight is 159 g/mol. The predicted molar refractivity (Wildman–Crippen MR) is 45.6 cm³/mol. The van der Waals surface area contributed by atoms with Crippen LogP contribution in [0.3, 0.4) is 0 Å². The van der Waals surface area contributed by atoms with Crippen molar-refractivity contribution in [3.8, 4) is 0 Å². The lowest BCUT2D eigenvalue weighted by Gasteiger charge is -1.99. The van der Waals surface area contributed by atoms with Crippen LogP contribution in [-0.4, -0.2) is 14.5 Å². The van der Waals surface area contributed by atoms with Gasteiger partial charge in [-0.1, -0.05) is 6.07 Å². The summed E-state index contributed by atoms with van der Waals surface area (Å²) in [6.07, 6.45) is 7.28. The molecule has 0 aliphatic heterocycles. The molecule has 0 aromatic carbocycles. The Hall–Kier alpha value is -1.64. The molecule has 2 aromatic rings. The van der Waals surface area contributed by atoms with Gasteiger partial charge in [0.2, 0.25) is 0 Å². The number of hydrogen-bond acceptors (Lipinski definition) is 2. The van der Waals surface area contributed by atoms with Gasteiger partial charge in [0, 0.05) is 18.6 Å². The van der Waals surface area contributed by atoms with Gasteiger partial charge in [-0.05, 0) is 12.1 Å². The van der Waals surface area contributed by atoms with Gasteiger partial charge in [0.1, 0.15) is 0 Å². The quantitative estimate of drug-likeness (QED) is 0.661. The standard InChI is InChI=1S/C9H9N3/c1-2-4-11-9(3-1)7-12-6-5-10-8-12/h1-6,8H,7H2. The normalized spacial score (nSPS) is 10.0. The lowest BCUT2D eigenvalue weighted by Crippen LogP contribution is -1.97. The smallest absolute Gasteiger partial charge is 0.0949 e. The molecule has 2 aromatic heterocycles. The maximum atomic E-state index is 4.20. The van der Waals surface area contributed by atoms with E-state index in [1.807, 2.05) is 29.0 Å². The number of aromatic nitrogens is 3. The van der Waals surface area contributed by atoms with Gasteiger partial charge in [0.25, 0.3) is 0 Å². The molecule has 0 aliphatic carbocycles. The van der Waals surface area contributed by atoms with Gasteiger partial charge in [0.15, 0.2) is 0 Å². The molecule has 3 heteroatoms. The molecule has 0 unspecified atom stereocenters. The molecule has 0 fully saturated rings. The van der Waals surface area contributed by atoms with Gasteiger partial charge in [-0.2, -0.15) is 0 Å². The molecule has 0 aliphatic rings. The summed E-state index contributed by atoms with van der Waals surface area (Å²) in [7, 11) is 0. The van der Waals surface area contributed by atoms with Crippen molar-refractivity contribution >= 4 is 0 Å². The van der Waals surface area contributed by atoms with Gasteiger partial charge in [-0.3, -0.25) is 4.98 Å². The second kappa shape index (κ2) is 3.17. The SMILES string of the molecule is c1ccc(Cn2ccnc2)nc1. The second-order valence-corrected chi connectivity index (χ2v) is 2.56. The summed E-state index contributed by atoms with van der Waals surface area (Å²) in [6, 6.07) is 5.90. The first-order valence-corrected chi connectivity index (χ1v) is 3.81. The van der Waals surface area contributed by atoms with Crippen LogP contribution >= 0.6 is 0 Å². The minimum absolute atomic E-state index is 0.792. The highest BCUT2D eigenvalue weighted by atomic mass is 15.0. The third-order valence-corrected chi connectivity index (χ3v) is 1.63. The van der Waals surface area contributed by atoms with Crippen LogP contribution in [0, 0.1) is 0 Å². The van der Waals surface area contributed by atoms with Crippen LogP contribution in [-0.2, 0) is 6.54 Å². The Kier molecular flexibility index (Phi) is 1.86. The molecule has 2 heterocycles. The van der Waals surface area contributed by atoms with Gasteiger partial charge >= 0.3 is 0 Å². The van der Waals surface area contributed by atoms with Gasteiger partial charge < -0.3 is 4.57 Å². The zero-order valence-electron chi connectivity index (χ0n) is 6.59. The average Bonchev–Trinajstić information content (AvgIpc) is 2.59. The van der Waals surface area contributed by atoms with Crippen LogP contribution in [0.5, 0.6) is 0 Å². The lowest BCUT2D eigenvalue weighted by molar-refractivity contribution is 0.773. The largest absolute Gasteiger partial charge is 0.331 e. The summed E-state index contributed by atoms with van der Waals surface area (Å²) in [6.45, 7) is 0.792. The van der Waals surface area contributed by atoms with Crippen molar-refractivity contribution in [2.24, 2.45) is 0 Å². The van der Waals surface area contributed by atoms with Crippen LogP contribution in [0.4, 0.5) is 0 Å². The third kappa shape index (κ3) is 1.50. The van der Waals surface area contributed by atoms with Crippen molar-refractivity contribution in [1.29, 1.82) is 0 Å². The molecule has 2 rings (SSSR count). The zero-order valence-corrected chi connectivity index (χ0v) is 6.59. The van der Waals surface area contributed by atoms with Crippen molar-refractivity contribution in [3.63, 3.8) is 0 Å². The number of pyridine rings is 1. The Morgan fingerprint density at radius 1 is 1.25 bits per heavy atom. The number of rotatable bonds is 2. The minimum Gasteiger partial charge on any atom is -0.331 e. The van der Waals surface area contributed by atoms with E-state index in [2.05, 4.69) is 9.97 Å². The van der Waals surface area contributed by atoms with E-state index in [9.17, 15) is 0 Å². The molecule has 0 N–H and O–H groups in total. The highest BCUT2D eigenvalue weighted by Crippen LogP contribution is 1.96. The maximum absolute atomic E-state index is 4.20. The lowest BCUT2D eigenvalue weighted by atomic mass is 10.3. The summed E-state index contributed by atoms with van der Waals surface area (Å²) in [5.41, 5.74) is 1.05. The van der Waals surface area contributed by atoms with E-state index in [1.54, 1.807) is 18.7 Å². The fraction of sp³-hybridized carbons (Fsp3) is 0.111. The van der Waals surface area contributed by atoms with Gasteiger partial charge in [-0.15, -0.1) is 0 Å². The Balaban J connectivity index is 2.15. The van der Waals surface area contributed by atoms with E-state index in [1.165, 1.54) is 0 Å². The molecule has 3 nitrogen and oxygen atoms in total. The van der Waals surface area contributed by atoms with Crippen molar-refractivity contribution in [2.75, 3.05) is 0 Å². The molecule has 0 saturated heterocycles. The second-order valence-electron chi connectivity index (χ2n) is 2.56. The Labute approximate surface area is 70.7 Å². The van der Waals surface area contributed by atoms with Crippen LogP contribution in [0.1, 0.15) is 5.69 Å². The van der Waals surface area contributed by atoms with E-state index < -0.39 is 0 Å². The van der Waals surface area contributed by atoms with E-state index in [0.29, 0.717) is 0 Å². The van der Waals surface area contributed by atoms with Crippen molar-refractivity contribution in [3.05, 3.63) is 48.8 Å². The first-order valence-electron chi connectivity index (χ1n) is 3.81. The fourth-order valence-corrected chi connectivity index (χ4v) is 1.06. The van der Waals surface area contributed by atoms with Crippen molar-refractivity contribution < 1.29 is 0 Å². The highest BCUT2D eigenvalue weighted by molar-refractivity contribution is 5.04. The van der Waals surface area contributed by atoms with Crippen LogP contribution in [0.15, 0.2) is 43.1 Å². The predicted octanol–water partition coefficient (Wildman–Crippen LogP) is 1.33. The molecule has 0 radical (unpaired) electrons. The molecule has 0 bridgehead atoms. The molecular weight excluding hydrogens is 150 g/mol. The first-order chi connectivity index (χ1) is 5.95. The molecule has 60 valence electrons. The van der Waals surface area contributed by atoms with E-state index in [-0.39, 0.29) is 0 Å². The summed E-state index contributed by atoms with van der Waals surface area (Å²) in [5.74, 6) is 0. The van der Waals surface area contributed by atoms with Crippen LogP contribution in [0.2, 0.25) is 0 Å². The fourth-order valence-electron chi connectivity index (χ4n) is 1.06. The summed E-state index contributed by atoms with van der Waals surface area (Å²) < 4.78 is 1.99. The molecule has 0 atom stereocenters. The molecule has 0 saturated carbocycles. The summed E-state index contributed by atoms with van der Waals surface area (Å²) in [4.78, 5) is 8.16. The summed E-state index contributed by atoms with van der Waals surface area (Å²) >= 11 is 0. The minimum atomic E-state index is 0.792. The topological polar surface area (TPSA) is 30.7 Å². The first kappa shape index (κ1) is 7.03. The maximum Gasteiger partial charge on any atom is 0.0949 e. The van der Waals surface area contributed by atoms with E-state index in [4.69, 9.17) is 0 Å². The van der Waals surface area contributed by atoms with E-state index in [0.717, 1.165) is 12.2 Å². The molecular formula is C9H9N3. The van der Waals surface area contributed by atoms with E-state index >= 15 is 0 Å². The molecule has 12 heavy (non-hydrogen) atoms. The Bertz CT molecular complexity index is 326. The van der Waals surface area contributed by atoms with Gasteiger partial charge in [-0.25, -0.2) is 4.98 Å². The van der Waals surface area contributed by atoms with Crippen molar-refractivity contribution in [2.45, 2.75) is 6.54 Å². The number of nitrogens with zero attached hydrogens (tertiary/aromatic N) is 3. The third-order valence-electron chi connectivity index (χ3n) is 1.63. The van der Waals surface area contributed by atoms with Crippen molar-refractivity contribution in [1.82, 2.24) is 14.5 Å². The Morgan fingerprint density at radius 3 is 2.92 bits per heavy atom. The Morgan fingerprint density at radius 2 is 2.25 bits per heavy atom. The number of hydrogen-bond donors (Lipinski definition) is 0. The number of imidazole rings is 1. The molecule has 0 amide bonds. The summed E-state index contributed by atoms with van der Waals surface area (Å²) in [5, 5.41) is 0. The van der Waals surface area contributed by atoms with Gasteiger partial charge in [0.05, 0.1) is 18.6 Å². The molecule has 0 spiro atoms.